The van der Waals surface area contributed by atoms with E-state index in [-0.39, 0.29) is 35.5 Å². The molecule has 5 N–H and O–H groups in total. The van der Waals surface area contributed by atoms with Gasteiger partial charge in [-0.3, -0.25) is 0 Å². The van der Waals surface area contributed by atoms with E-state index >= 15 is 0 Å². The van der Waals surface area contributed by atoms with Crippen LogP contribution < -0.4 is 0 Å². The molecule has 5 saturated carbocycles. The molecule has 0 aromatic rings. The van der Waals surface area contributed by atoms with Gasteiger partial charge in [0.15, 0.2) is 0 Å². The Hall–Kier alpha value is -0.200. The van der Waals surface area contributed by atoms with Crippen LogP contribution in [0.5, 0.6) is 0 Å². The van der Waals surface area contributed by atoms with Gasteiger partial charge in [0.05, 0.1) is 23.9 Å². The third-order valence-corrected chi connectivity index (χ3v) is 13.7. The smallest absolute Gasteiger partial charge is 0.101 e. The van der Waals surface area contributed by atoms with Gasteiger partial charge in [-0.05, 0) is 111 Å². The van der Waals surface area contributed by atoms with Crippen molar-refractivity contribution in [1.29, 1.82) is 0 Å². The maximum absolute atomic E-state index is 11.7. The molecule has 0 bridgehead atoms. The molecule has 0 aromatic heterocycles. The van der Waals surface area contributed by atoms with Crippen LogP contribution >= 0.6 is 0 Å². The fourth-order valence-corrected chi connectivity index (χ4v) is 11.0. The SMILES string of the molecule is C[C@H](C(C)(C)O)[C@@]1(C)C[C@@H]1[C@@H](C)C1CCC2C3C[C@@H](O)[C@@]4(O)C[C@@H](O)C[C@@H](O)[C@]4(C)C3CC[C@@]21C. The van der Waals surface area contributed by atoms with Gasteiger partial charge in [-0.25, -0.2) is 0 Å². The molecule has 202 valence electrons. The second kappa shape index (κ2) is 7.91. The highest BCUT2D eigenvalue weighted by Crippen LogP contribution is 2.72. The van der Waals surface area contributed by atoms with E-state index in [9.17, 15) is 25.5 Å². The van der Waals surface area contributed by atoms with Crippen molar-refractivity contribution < 1.29 is 25.5 Å². The van der Waals surface area contributed by atoms with Crippen molar-refractivity contribution >= 4 is 0 Å². The molecule has 0 aliphatic heterocycles. The molecule has 14 atom stereocenters. The summed E-state index contributed by atoms with van der Waals surface area (Å²) in [7, 11) is 0. The first-order chi connectivity index (χ1) is 16.0. The number of hydrogen-bond acceptors (Lipinski definition) is 5. The van der Waals surface area contributed by atoms with Gasteiger partial charge >= 0.3 is 0 Å². The van der Waals surface area contributed by atoms with E-state index in [2.05, 4.69) is 27.7 Å². The summed E-state index contributed by atoms with van der Waals surface area (Å²) in [6.07, 6.45) is 4.21. The van der Waals surface area contributed by atoms with E-state index in [0.717, 1.165) is 19.3 Å². The van der Waals surface area contributed by atoms with Crippen molar-refractivity contribution in [3.8, 4) is 0 Å². The second-order valence-electron chi connectivity index (χ2n) is 15.2. The largest absolute Gasteiger partial charge is 0.393 e. The lowest BCUT2D eigenvalue weighted by Crippen LogP contribution is -2.72. The van der Waals surface area contributed by atoms with Gasteiger partial charge in [-0.2, -0.15) is 0 Å². The van der Waals surface area contributed by atoms with Crippen LogP contribution in [0.1, 0.15) is 99.8 Å². The summed E-state index contributed by atoms with van der Waals surface area (Å²) in [6.45, 7) is 15.4. The monoisotopic (exact) mass is 492 g/mol. The highest BCUT2D eigenvalue weighted by molar-refractivity contribution is 5.20. The Bertz CT molecular complexity index is 839. The molecule has 0 heterocycles. The minimum atomic E-state index is -1.42. The summed E-state index contributed by atoms with van der Waals surface area (Å²) in [5, 5.41) is 55.3. The molecule has 5 heteroatoms. The van der Waals surface area contributed by atoms with Crippen LogP contribution in [-0.2, 0) is 0 Å². The van der Waals surface area contributed by atoms with E-state index in [1.807, 2.05) is 20.8 Å². The first-order valence-electron chi connectivity index (χ1n) is 14.5. The molecule has 0 aromatic carbocycles. The van der Waals surface area contributed by atoms with Crippen LogP contribution in [0.3, 0.4) is 0 Å². The van der Waals surface area contributed by atoms with Crippen molar-refractivity contribution in [2.75, 3.05) is 0 Å². The van der Waals surface area contributed by atoms with Gasteiger partial charge in [-0.1, -0.05) is 34.6 Å². The number of rotatable bonds is 4. The van der Waals surface area contributed by atoms with E-state index in [1.165, 1.54) is 12.8 Å². The normalized spacial score (nSPS) is 57.6. The van der Waals surface area contributed by atoms with Gasteiger partial charge in [0.2, 0.25) is 0 Å². The summed E-state index contributed by atoms with van der Waals surface area (Å²) < 4.78 is 0. The van der Waals surface area contributed by atoms with Gasteiger partial charge in [0.1, 0.15) is 5.60 Å². The fraction of sp³-hybridized carbons (Fsp3) is 1.00. The maximum atomic E-state index is 11.7. The molecule has 5 rings (SSSR count). The quantitative estimate of drug-likeness (QED) is 0.406. The predicted octanol–water partition coefficient (Wildman–Crippen LogP) is 4.13. The highest BCUT2D eigenvalue weighted by atomic mass is 16.4. The van der Waals surface area contributed by atoms with Crippen LogP contribution in [-0.4, -0.2) is 55.0 Å². The van der Waals surface area contributed by atoms with Crippen LogP contribution in [0.25, 0.3) is 0 Å². The lowest BCUT2D eigenvalue weighted by Gasteiger charge is -2.66. The number of fused-ring (bicyclic) bond motifs is 5. The highest BCUT2D eigenvalue weighted by Gasteiger charge is 2.71. The number of aliphatic hydroxyl groups is 5. The lowest BCUT2D eigenvalue weighted by atomic mass is 9.41. The van der Waals surface area contributed by atoms with Crippen molar-refractivity contribution in [2.24, 2.45) is 57.7 Å². The minimum absolute atomic E-state index is 0.159. The van der Waals surface area contributed by atoms with E-state index in [4.69, 9.17) is 0 Å². The van der Waals surface area contributed by atoms with E-state index in [1.54, 1.807) is 0 Å². The molecule has 0 radical (unpaired) electrons. The van der Waals surface area contributed by atoms with Crippen LogP contribution in [0.15, 0.2) is 0 Å². The Morgan fingerprint density at radius 2 is 1.49 bits per heavy atom. The zero-order valence-corrected chi connectivity index (χ0v) is 23.2. The average Bonchev–Trinajstić information content (AvgIpc) is 3.31. The van der Waals surface area contributed by atoms with Gasteiger partial charge in [0.25, 0.3) is 0 Å². The molecular weight excluding hydrogens is 440 g/mol. The third kappa shape index (κ3) is 3.43. The molecule has 5 nitrogen and oxygen atoms in total. The summed E-state index contributed by atoms with van der Waals surface area (Å²) >= 11 is 0. The van der Waals surface area contributed by atoms with Crippen LogP contribution in [0, 0.1) is 57.7 Å². The van der Waals surface area contributed by atoms with E-state index < -0.39 is 34.9 Å². The van der Waals surface area contributed by atoms with E-state index in [0.29, 0.717) is 36.0 Å². The fourth-order valence-electron chi connectivity index (χ4n) is 11.0. The Morgan fingerprint density at radius 3 is 2.11 bits per heavy atom. The first-order valence-corrected chi connectivity index (χ1v) is 14.5. The lowest BCUT2D eigenvalue weighted by molar-refractivity contribution is -0.295. The van der Waals surface area contributed by atoms with Gasteiger partial charge in [-0.15, -0.1) is 0 Å². The number of hydrogen-bond donors (Lipinski definition) is 5. The second-order valence-corrected chi connectivity index (χ2v) is 15.2. The molecule has 4 unspecified atom stereocenters. The molecule has 0 amide bonds. The van der Waals surface area contributed by atoms with Crippen molar-refractivity contribution in [1.82, 2.24) is 0 Å². The molecule has 5 aliphatic carbocycles. The van der Waals surface area contributed by atoms with Gasteiger partial charge in [0, 0.05) is 11.8 Å². The standard InChI is InChI=1S/C30H52O5/c1-16(23-15-28(23,6)17(2)26(3,4)34)20-8-9-21-19-13-25(33)30(35)14-18(31)12-24(32)29(30,7)22(19)10-11-27(20,21)5/h16-25,31-35H,8-15H2,1-7H3/t16-,17+,18-,19?,20?,21?,22?,23+,24+,25+,27+,28+,29-,30-/m0/s1. The maximum Gasteiger partial charge on any atom is 0.101 e. The Kier molecular flexibility index (Phi) is 5.97. The molecule has 5 aliphatic rings. The molecule has 0 saturated heterocycles. The summed E-state index contributed by atoms with van der Waals surface area (Å²) in [4.78, 5) is 0. The summed E-state index contributed by atoms with van der Waals surface area (Å²) in [5.74, 6) is 3.12. The third-order valence-electron chi connectivity index (χ3n) is 13.7. The van der Waals surface area contributed by atoms with Crippen molar-refractivity contribution in [3.63, 3.8) is 0 Å². The van der Waals surface area contributed by atoms with Gasteiger partial charge < -0.3 is 25.5 Å². The molecule has 5 fully saturated rings. The zero-order valence-electron chi connectivity index (χ0n) is 23.2. The Labute approximate surface area is 212 Å². The minimum Gasteiger partial charge on any atom is -0.393 e. The summed E-state index contributed by atoms with van der Waals surface area (Å²) in [6, 6.07) is 0. The molecular formula is C30H52O5. The van der Waals surface area contributed by atoms with Crippen molar-refractivity contribution in [3.05, 3.63) is 0 Å². The Morgan fingerprint density at radius 1 is 0.829 bits per heavy atom. The summed E-state index contributed by atoms with van der Waals surface area (Å²) in [5.41, 5.74) is -2.46. The van der Waals surface area contributed by atoms with Crippen molar-refractivity contribution in [2.45, 2.75) is 129 Å². The molecule has 35 heavy (non-hydrogen) atoms. The predicted molar refractivity (Wildman–Crippen MR) is 136 cm³/mol. The topological polar surface area (TPSA) is 101 Å². The zero-order chi connectivity index (χ0) is 25.9. The Balaban J connectivity index is 1.39. The molecule has 0 spiro atoms. The average molecular weight is 493 g/mol. The first kappa shape index (κ1) is 26.4. The number of aliphatic hydroxyl groups excluding tert-OH is 3. The van der Waals surface area contributed by atoms with Crippen LogP contribution in [0.2, 0.25) is 0 Å². The van der Waals surface area contributed by atoms with Crippen LogP contribution in [0.4, 0.5) is 0 Å².